The van der Waals surface area contributed by atoms with Gasteiger partial charge in [-0.05, 0) is 23.8 Å². The standard InChI is InChI=1S/C15H14F2N4O/c16-12-3-1-11(9-13(12)17)2-4-15(22)20-6-5-14-19-18-10-21(14)8-7-20/h1-4,9-10H,5-8H2. The Balaban J connectivity index is 1.65. The summed E-state index contributed by atoms with van der Waals surface area (Å²) in [6.07, 6.45) is 5.15. The van der Waals surface area contributed by atoms with E-state index in [2.05, 4.69) is 10.2 Å². The van der Waals surface area contributed by atoms with Crippen LogP contribution < -0.4 is 0 Å². The third-order valence-corrected chi connectivity index (χ3v) is 3.59. The zero-order valence-electron chi connectivity index (χ0n) is 11.7. The number of aromatic nitrogens is 3. The Hall–Kier alpha value is -2.57. The van der Waals surface area contributed by atoms with Crippen LogP contribution in [0.5, 0.6) is 0 Å². The van der Waals surface area contributed by atoms with E-state index in [0.717, 1.165) is 18.0 Å². The Morgan fingerprint density at radius 3 is 2.86 bits per heavy atom. The van der Waals surface area contributed by atoms with Gasteiger partial charge in [-0.2, -0.15) is 0 Å². The number of carbonyl (C=O) groups is 1. The number of hydrogen-bond acceptors (Lipinski definition) is 3. The van der Waals surface area contributed by atoms with Crippen molar-refractivity contribution >= 4 is 12.0 Å². The van der Waals surface area contributed by atoms with Crippen LogP contribution in [-0.2, 0) is 17.8 Å². The summed E-state index contributed by atoms with van der Waals surface area (Å²) >= 11 is 0. The molecule has 1 aromatic carbocycles. The average Bonchev–Trinajstić information content (AvgIpc) is 2.87. The second-order valence-corrected chi connectivity index (χ2v) is 5.02. The zero-order chi connectivity index (χ0) is 15.5. The van der Waals surface area contributed by atoms with E-state index in [1.54, 1.807) is 11.2 Å². The van der Waals surface area contributed by atoms with Crippen molar-refractivity contribution in [1.29, 1.82) is 0 Å². The summed E-state index contributed by atoms with van der Waals surface area (Å²) in [6.45, 7) is 1.76. The highest BCUT2D eigenvalue weighted by Gasteiger charge is 2.17. The maximum absolute atomic E-state index is 13.1. The van der Waals surface area contributed by atoms with Crippen molar-refractivity contribution in [3.8, 4) is 0 Å². The molecule has 0 spiro atoms. The molecular formula is C15H14F2N4O. The maximum atomic E-state index is 13.1. The average molecular weight is 304 g/mol. The Kier molecular flexibility index (Phi) is 3.95. The lowest BCUT2D eigenvalue weighted by Gasteiger charge is -2.17. The lowest BCUT2D eigenvalue weighted by molar-refractivity contribution is -0.125. The lowest BCUT2D eigenvalue weighted by atomic mass is 10.2. The molecule has 3 rings (SSSR count). The molecule has 1 aromatic heterocycles. The SMILES string of the molecule is O=C(C=Cc1ccc(F)c(F)c1)N1CCc2nncn2CC1. The van der Waals surface area contributed by atoms with Gasteiger partial charge in [-0.15, -0.1) is 10.2 Å². The van der Waals surface area contributed by atoms with E-state index >= 15 is 0 Å². The smallest absolute Gasteiger partial charge is 0.246 e. The first kappa shape index (κ1) is 14.4. The molecular weight excluding hydrogens is 290 g/mol. The molecule has 0 saturated carbocycles. The number of halogens is 2. The van der Waals surface area contributed by atoms with E-state index < -0.39 is 11.6 Å². The summed E-state index contributed by atoms with van der Waals surface area (Å²) < 4.78 is 27.9. The van der Waals surface area contributed by atoms with Crippen molar-refractivity contribution in [2.24, 2.45) is 0 Å². The van der Waals surface area contributed by atoms with Gasteiger partial charge in [0.2, 0.25) is 5.91 Å². The largest absolute Gasteiger partial charge is 0.337 e. The van der Waals surface area contributed by atoms with Crippen molar-refractivity contribution in [3.63, 3.8) is 0 Å². The first-order chi connectivity index (χ1) is 10.6. The fourth-order valence-electron chi connectivity index (χ4n) is 2.34. The zero-order valence-corrected chi connectivity index (χ0v) is 11.7. The third kappa shape index (κ3) is 3.03. The minimum atomic E-state index is -0.928. The Morgan fingerprint density at radius 2 is 2.05 bits per heavy atom. The van der Waals surface area contributed by atoms with Crippen LogP contribution in [-0.4, -0.2) is 38.7 Å². The molecule has 0 radical (unpaired) electrons. The van der Waals surface area contributed by atoms with Gasteiger partial charge in [-0.1, -0.05) is 6.07 Å². The van der Waals surface area contributed by atoms with Gasteiger partial charge in [-0.25, -0.2) is 8.78 Å². The molecule has 2 heterocycles. The lowest BCUT2D eigenvalue weighted by Crippen LogP contribution is -2.32. The van der Waals surface area contributed by atoms with Crippen LogP contribution in [0.3, 0.4) is 0 Å². The third-order valence-electron chi connectivity index (χ3n) is 3.59. The van der Waals surface area contributed by atoms with E-state index in [1.807, 2.05) is 4.57 Å². The van der Waals surface area contributed by atoms with Crippen molar-refractivity contribution in [3.05, 3.63) is 53.6 Å². The second-order valence-electron chi connectivity index (χ2n) is 5.02. The molecule has 0 bridgehead atoms. The summed E-state index contributed by atoms with van der Waals surface area (Å²) in [7, 11) is 0. The highest BCUT2D eigenvalue weighted by Crippen LogP contribution is 2.11. The molecule has 7 heteroatoms. The number of benzene rings is 1. The van der Waals surface area contributed by atoms with Gasteiger partial charge in [0.05, 0.1) is 0 Å². The molecule has 22 heavy (non-hydrogen) atoms. The van der Waals surface area contributed by atoms with Gasteiger partial charge in [0, 0.05) is 32.1 Å². The van der Waals surface area contributed by atoms with Crippen LogP contribution in [0.2, 0.25) is 0 Å². The highest BCUT2D eigenvalue weighted by atomic mass is 19.2. The number of amides is 1. The molecule has 0 unspecified atom stereocenters. The number of hydrogen-bond donors (Lipinski definition) is 0. The van der Waals surface area contributed by atoms with Crippen molar-refractivity contribution in [2.45, 2.75) is 13.0 Å². The quantitative estimate of drug-likeness (QED) is 0.793. The van der Waals surface area contributed by atoms with Gasteiger partial charge in [0.1, 0.15) is 12.2 Å². The predicted molar refractivity (Wildman–Crippen MR) is 75.7 cm³/mol. The van der Waals surface area contributed by atoms with Crippen molar-refractivity contribution in [1.82, 2.24) is 19.7 Å². The van der Waals surface area contributed by atoms with Crippen LogP contribution in [0.15, 0.2) is 30.6 Å². The Morgan fingerprint density at radius 1 is 1.18 bits per heavy atom. The van der Waals surface area contributed by atoms with E-state index in [4.69, 9.17) is 0 Å². The summed E-state index contributed by atoms with van der Waals surface area (Å²) in [5, 5.41) is 7.84. The minimum Gasteiger partial charge on any atom is -0.337 e. The van der Waals surface area contributed by atoms with Gasteiger partial charge in [0.25, 0.3) is 0 Å². The second kappa shape index (κ2) is 6.05. The molecule has 1 aliphatic heterocycles. The molecule has 0 saturated heterocycles. The highest BCUT2D eigenvalue weighted by molar-refractivity contribution is 5.91. The molecule has 2 aromatic rings. The molecule has 0 atom stereocenters. The van der Waals surface area contributed by atoms with E-state index in [-0.39, 0.29) is 5.91 Å². The van der Waals surface area contributed by atoms with Crippen LogP contribution in [0.25, 0.3) is 6.08 Å². The van der Waals surface area contributed by atoms with Crippen molar-refractivity contribution < 1.29 is 13.6 Å². The summed E-state index contributed by atoms with van der Waals surface area (Å²) in [6, 6.07) is 3.52. The predicted octanol–water partition coefficient (Wildman–Crippen LogP) is 1.65. The molecule has 0 fully saturated rings. The van der Waals surface area contributed by atoms with Gasteiger partial charge < -0.3 is 9.47 Å². The maximum Gasteiger partial charge on any atom is 0.246 e. The van der Waals surface area contributed by atoms with Crippen LogP contribution in [0, 0.1) is 11.6 Å². The first-order valence-electron chi connectivity index (χ1n) is 6.92. The number of rotatable bonds is 2. The van der Waals surface area contributed by atoms with Gasteiger partial charge in [0.15, 0.2) is 11.6 Å². The fraction of sp³-hybridized carbons (Fsp3) is 0.267. The molecule has 1 aliphatic rings. The van der Waals surface area contributed by atoms with Gasteiger partial charge >= 0.3 is 0 Å². The van der Waals surface area contributed by atoms with E-state index in [0.29, 0.717) is 31.6 Å². The van der Waals surface area contributed by atoms with Crippen LogP contribution >= 0.6 is 0 Å². The molecule has 114 valence electrons. The number of carbonyl (C=O) groups excluding carboxylic acids is 1. The molecule has 5 nitrogen and oxygen atoms in total. The minimum absolute atomic E-state index is 0.163. The monoisotopic (exact) mass is 304 g/mol. The van der Waals surface area contributed by atoms with Crippen molar-refractivity contribution in [2.75, 3.05) is 13.1 Å². The fourth-order valence-corrected chi connectivity index (χ4v) is 2.34. The summed E-state index contributed by atoms with van der Waals surface area (Å²) in [4.78, 5) is 13.9. The Bertz CT molecular complexity index is 704. The summed E-state index contributed by atoms with van der Waals surface area (Å²) in [5.74, 6) is -1.13. The van der Waals surface area contributed by atoms with Crippen LogP contribution in [0.4, 0.5) is 8.78 Å². The normalized spacial score (nSPS) is 14.9. The summed E-state index contributed by atoms with van der Waals surface area (Å²) in [5.41, 5.74) is 0.444. The number of nitrogens with zero attached hydrogens (tertiary/aromatic N) is 4. The molecule has 0 aliphatic carbocycles. The molecule has 0 N–H and O–H groups in total. The van der Waals surface area contributed by atoms with E-state index in [9.17, 15) is 13.6 Å². The topological polar surface area (TPSA) is 51.0 Å². The van der Waals surface area contributed by atoms with Gasteiger partial charge in [-0.3, -0.25) is 4.79 Å². The van der Waals surface area contributed by atoms with E-state index in [1.165, 1.54) is 18.2 Å². The molecule has 1 amide bonds. The van der Waals surface area contributed by atoms with Crippen LogP contribution in [0.1, 0.15) is 11.4 Å². The first-order valence-corrected chi connectivity index (χ1v) is 6.92. The Labute approximate surface area is 125 Å². The number of fused-ring (bicyclic) bond motifs is 1.